The predicted octanol–water partition coefficient (Wildman–Crippen LogP) is 1.44. The summed E-state index contributed by atoms with van der Waals surface area (Å²) in [6.07, 6.45) is 4.38. The van der Waals surface area contributed by atoms with Crippen LogP contribution in [0.4, 0.5) is 0 Å². The fraction of sp³-hybridized carbons (Fsp3) is 0.357. The lowest BCUT2D eigenvalue weighted by Crippen LogP contribution is -2.27. The van der Waals surface area contributed by atoms with Crippen LogP contribution in [0.1, 0.15) is 17.3 Å². The Morgan fingerprint density at radius 2 is 2.18 bits per heavy atom. The molecule has 22 heavy (non-hydrogen) atoms. The molecule has 0 aliphatic rings. The molecule has 0 saturated carbocycles. The molecule has 0 saturated heterocycles. The van der Waals surface area contributed by atoms with Crippen LogP contribution in [0.15, 0.2) is 23.1 Å². The minimum absolute atomic E-state index is 0.0709. The van der Waals surface area contributed by atoms with Crippen LogP contribution < -0.4 is 4.72 Å². The van der Waals surface area contributed by atoms with E-state index in [9.17, 15) is 13.2 Å². The highest BCUT2D eigenvalue weighted by atomic mass is 35.5. The monoisotopic (exact) mass is 345 g/mol. The number of halogens is 1. The third-order valence-corrected chi connectivity index (χ3v) is 4.37. The summed E-state index contributed by atoms with van der Waals surface area (Å²) >= 11 is 5.91. The second-order valence-electron chi connectivity index (χ2n) is 4.25. The zero-order chi connectivity index (χ0) is 16.8. The van der Waals surface area contributed by atoms with Crippen molar-refractivity contribution in [1.82, 2.24) is 4.72 Å². The van der Waals surface area contributed by atoms with Gasteiger partial charge in [0.05, 0.1) is 22.1 Å². The SMILES string of the molecule is C#C[C@H](C)OC(=O)c1cc(S(=O)(=O)NCCOC)ccc1Cl. The number of benzene rings is 1. The van der Waals surface area contributed by atoms with Gasteiger partial charge in [-0.15, -0.1) is 6.42 Å². The van der Waals surface area contributed by atoms with Crippen LogP contribution in [-0.4, -0.2) is 40.8 Å². The summed E-state index contributed by atoms with van der Waals surface area (Å²) in [6, 6.07) is 3.74. The number of methoxy groups -OCH3 is 1. The maximum atomic E-state index is 12.1. The molecule has 0 heterocycles. The highest BCUT2D eigenvalue weighted by Crippen LogP contribution is 2.21. The van der Waals surface area contributed by atoms with Crippen molar-refractivity contribution in [3.05, 3.63) is 28.8 Å². The Labute approximate surface area is 134 Å². The molecule has 1 rings (SSSR count). The van der Waals surface area contributed by atoms with E-state index in [0.29, 0.717) is 0 Å². The molecular weight excluding hydrogens is 330 g/mol. The molecular formula is C14H16ClNO5S. The molecule has 0 bridgehead atoms. The summed E-state index contributed by atoms with van der Waals surface area (Å²) in [5.41, 5.74) is -0.0709. The second kappa shape index (κ2) is 8.15. The van der Waals surface area contributed by atoms with Gasteiger partial charge in [0.1, 0.15) is 0 Å². The van der Waals surface area contributed by atoms with Crippen molar-refractivity contribution in [2.75, 3.05) is 20.3 Å². The molecule has 0 radical (unpaired) electrons. The zero-order valence-corrected chi connectivity index (χ0v) is 13.7. The molecule has 1 atom stereocenters. The maximum Gasteiger partial charge on any atom is 0.340 e. The van der Waals surface area contributed by atoms with Crippen LogP contribution in [0.2, 0.25) is 5.02 Å². The molecule has 0 aliphatic carbocycles. The van der Waals surface area contributed by atoms with E-state index in [1.807, 2.05) is 0 Å². The van der Waals surface area contributed by atoms with Crippen molar-refractivity contribution >= 4 is 27.6 Å². The number of nitrogens with one attached hydrogen (secondary N) is 1. The molecule has 0 unspecified atom stereocenters. The Balaban J connectivity index is 3.04. The third kappa shape index (κ3) is 5.00. The van der Waals surface area contributed by atoms with Gasteiger partial charge in [-0.3, -0.25) is 0 Å². The average molecular weight is 346 g/mol. The second-order valence-corrected chi connectivity index (χ2v) is 6.42. The van der Waals surface area contributed by atoms with Gasteiger partial charge >= 0.3 is 5.97 Å². The van der Waals surface area contributed by atoms with Crippen LogP contribution in [0.3, 0.4) is 0 Å². The first-order valence-corrected chi connectivity index (χ1v) is 8.13. The Morgan fingerprint density at radius 1 is 1.50 bits per heavy atom. The van der Waals surface area contributed by atoms with Crippen LogP contribution in [-0.2, 0) is 19.5 Å². The maximum absolute atomic E-state index is 12.1. The average Bonchev–Trinajstić information content (AvgIpc) is 2.47. The molecule has 1 aromatic carbocycles. The van der Waals surface area contributed by atoms with E-state index in [1.165, 1.54) is 26.2 Å². The number of carbonyl (C=O) groups is 1. The molecule has 8 heteroatoms. The first kappa shape index (κ1) is 18.5. The number of carbonyl (C=O) groups excluding carboxylic acids is 1. The van der Waals surface area contributed by atoms with Gasteiger partial charge in [-0.1, -0.05) is 17.5 Å². The Morgan fingerprint density at radius 3 is 2.77 bits per heavy atom. The summed E-state index contributed by atoms with van der Waals surface area (Å²) in [5.74, 6) is 1.45. The van der Waals surface area contributed by atoms with E-state index in [2.05, 4.69) is 10.6 Å². The minimum atomic E-state index is -3.78. The van der Waals surface area contributed by atoms with Crippen molar-refractivity contribution in [1.29, 1.82) is 0 Å². The van der Waals surface area contributed by atoms with E-state index in [-0.39, 0.29) is 28.6 Å². The lowest BCUT2D eigenvalue weighted by molar-refractivity contribution is 0.0438. The van der Waals surface area contributed by atoms with Gasteiger partial charge in [0.25, 0.3) is 0 Å². The van der Waals surface area contributed by atoms with E-state index in [1.54, 1.807) is 0 Å². The summed E-state index contributed by atoms with van der Waals surface area (Å²) in [6.45, 7) is 1.84. The lowest BCUT2D eigenvalue weighted by atomic mass is 10.2. The smallest absolute Gasteiger partial charge is 0.340 e. The molecule has 6 nitrogen and oxygen atoms in total. The van der Waals surface area contributed by atoms with Gasteiger partial charge in [-0.2, -0.15) is 0 Å². The van der Waals surface area contributed by atoms with Crippen LogP contribution in [0.25, 0.3) is 0 Å². The zero-order valence-electron chi connectivity index (χ0n) is 12.1. The first-order valence-electron chi connectivity index (χ1n) is 6.27. The number of terminal acetylenes is 1. The quantitative estimate of drug-likeness (QED) is 0.459. The largest absolute Gasteiger partial charge is 0.446 e. The summed E-state index contributed by atoms with van der Waals surface area (Å²) < 4.78 is 36.2. The number of rotatable bonds is 7. The van der Waals surface area contributed by atoms with Gasteiger partial charge in [0.2, 0.25) is 10.0 Å². The molecule has 1 N–H and O–H groups in total. The van der Waals surface area contributed by atoms with Gasteiger partial charge < -0.3 is 9.47 Å². The van der Waals surface area contributed by atoms with Crippen molar-refractivity contribution < 1.29 is 22.7 Å². The van der Waals surface area contributed by atoms with Crippen molar-refractivity contribution in [3.8, 4) is 12.3 Å². The van der Waals surface area contributed by atoms with Gasteiger partial charge in [0.15, 0.2) is 6.10 Å². The Kier molecular flexibility index (Phi) is 6.84. The van der Waals surface area contributed by atoms with E-state index >= 15 is 0 Å². The van der Waals surface area contributed by atoms with Gasteiger partial charge in [-0.25, -0.2) is 17.9 Å². The number of esters is 1. The van der Waals surface area contributed by atoms with Crippen LogP contribution in [0, 0.1) is 12.3 Å². The van der Waals surface area contributed by atoms with Crippen molar-refractivity contribution in [2.45, 2.75) is 17.9 Å². The van der Waals surface area contributed by atoms with E-state index < -0.39 is 22.1 Å². The summed E-state index contributed by atoms with van der Waals surface area (Å²) in [5, 5.41) is 0.0741. The number of hydrogen-bond donors (Lipinski definition) is 1. The van der Waals surface area contributed by atoms with E-state index in [4.69, 9.17) is 27.5 Å². The number of hydrogen-bond acceptors (Lipinski definition) is 5. The minimum Gasteiger partial charge on any atom is -0.446 e. The number of ether oxygens (including phenoxy) is 2. The normalized spacial score (nSPS) is 12.5. The Hall–Kier alpha value is -1.59. The molecule has 0 amide bonds. The third-order valence-electron chi connectivity index (χ3n) is 2.58. The van der Waals surface area contributed by atoms with Crippen LogP contribution >= 0.6 is 11.6 Å². The topological polar surface area (TPSA) is 81.7 Å². The summed E-state index contributed by atoms with van der Waals surface area (Å²) in [7, 11) is -2.32. The molecule has 0 aliphatic heterocycles. The van der Waals surface area contributed by atoms with Crippen molar-refractivity contribution in [2.24, 2.45) is 0 Å². The highest BCUT2D eigenvalue weighted by molar-refractivity contribution is 7.89. The van der Waals surface area contributed by atoms with Crippen LogP contribution in [0.5, 0.6) is 0 Å². The molecule has 0 aromatic heterocycles. The first-order chi connectivity index (χ1) is 10.3. The fourth-order valence-corrected chi connectivity index (χ4v) is 2.68. The number of sulfonamides is 1. The highest BCUT2D eigenvalue weighted by Gasteiger charge is 2.20. The Bertz CT molecular complexity index is 681. The molecule has 0 spiro atoms. The fourth-order valence-electron chi connectivity index (χ4n) is 1.45. The molecule has 0 fully saturated rings. The van der Waals surface area contributed by atoms with Gasteiger partial charge in [0, 0.05) is 13.7 Å². The lowest BCUT2D eigenvalue weighted by Gasteiger charge is -2.11. The molecule has 120 valence electrons. The van der Waals surface area contributed by atoms with E-state index in [0.717, 1.165) is 6.07 Å². The predicted molar refractivity (Wildman–Crippen MR) is 82.2 cm³/mol. The molecule has 1 aromatic rings. The van der Waals surface area contributed by atoms with Crippen molar-refractivity contribution in [3.63, 3.8) is 0 Å². The van der Waals surface area contributed by atoms with Gasteiger partial charge in [-0.05, 0) is 25.1 Å². The standard InChI is InChI=1S/C14H16ClNO5S/c1-4-10(2)21-14(17)12-9-11(5-6-13(12)15)22(18,19)16-7-8-20-3/h1,5-6,9-10,16H,7-8H2,2-3H3/t10-/m0/s1. The summed E-state index contributed by atoms with van der Waals surface area (Å²) in [4.78, 5) is 11.8.